The monoisotopic (exact) mass is 471 g/mol. The Bertz CT molecular complexity index is 1370. The number of pyridine rings is 2. The van der Waals surface area contributed by atoms with Crippen LogP contribution in [0.25, 0.3) is 22.2 Å². The Balaban J connectivity index is 1.29. The molecular weight excluding hydrogens is 442 g/mol. The predicted molar refractivity (Wildman–Crippen MR) is 134 cm³/mol. The highest BCUT2D eigenvalue weighted by Crippen LogP contribution is 2.37. The molecule has 1 N–H and O–H groups in total. The van der Waals surface area contributed by atoms with Gasteiger partial charge in [0.2, 0.25) is 5.95 Å². The Morgan fingerprint density at radius 1 is 1.03 bits per heavy atom. The molecule has 4 aromatic heterocycles. The van der Waals surface area contributed by atoms with Gasteiger partial charge in [-0.2, -0.15) is 4.98 Å². The fourth-order valence-corrected chi connectivity index (χ4v) is 4.95. The van der Waals surface area contributed by atoms with Gasteiger partial charge in [0, 0.05) is 44.1 Å². The Hall–Kier alpha value is -3.66. The van der Waals surface area contributed by atoms with Crippen molar-refractivity contribution < 1.29 is 4.74 Å². The number of nitrogens with one attached hydrogen (secondary N) is 1. The highest BCUT2D eigenvalue weighted by molar-refractivity contribution is 5.96. The van der Waals surface area contributed by atoms with Gasteiger partial charge in [0.25, 0.3) is 0 Å². The lowest BCUT2D eigenvalue weighted by Crippen LogP contribution is -2.52. The molecule has 0 aromatic carbocycles. The van der Waals surface area contributed by atoms with Crippen LogP contribution in [0.5, 0.6) is 0 Å². The van der Waals surface area contributed by atoms with E-state index in [1.165, 1.54) is 6.42 Å². The number of aromatic nitrogens is 7. The Morgan fingerprint density at radius 2 is 1.86 bits per heavy atom. The molecule has 0 saturated carbocycles. The summed E-state index contributed by atoms with van der Waals surface area (Å²) in [5.74, 6) is 2.49. The topological polar surface area (TPSA) is 107 Å². The molecule has 35 heavy (non-hydrogen) atoms. The molecular formula is C25H29N9O. The number of nitrogens with zero attached hydrogens (tertiary/aromatic N) is 8. The van der Waals surface area contributed by atoms with E-state index in [0.717, 1.165) is 77.8 Å². The summed E-state index contributed by atoms with van der Waals surface area (Å²) in [7, 11) is 1.85. The smallest absolute Gasteiger partial charge is 0.227 e. The van der Waals surface area contributed by atoms with Gasteiger partial charge in [0.1, 0.15) is 23.0 Å². The van der Waals surface area contributed by atoms with Gasteiger partial charge in [-0.3, -0.25) is 9.67 Å². The molecule has 6 heterocycles. The average Bonchev–Trinajstić information content (AvgIpc) is 3.28. The van der Waals surface area contributed by atoms with Crippen LogP contribution in [0, 0.1) is 0 Å². The van der Waals surface area contributed by atoms with Gasteiger partial charge in [-0.25, -0.2) is 9.97 Å². The van der Waals surface area contributed by atoms with Gasteiger partial charge in [0.05, 0.1) is 18.4 Å². The fourth-order valence-electron chi connectivity index (χ4n) is 4.95. The number of piperidine rings is 1. The number of aryl methyl sites for hydroxylation is 1. The zero-order valence-corrected chi connectivity index (χ0v) is 20.3. The van der Waals surface area contributed by atoms with Gasteiger partial charge >= 0.3 is 0 Å². The van der Waals surface area contributed by atoms with Gasteiger partial charge in [-0.1, -0.05) is 19.1 Å². The van der Waals surface area contributed by atoms with Crippen LogP contribution in [0.3, 0.4) is 0 Å². The maximum atomic E-state index is 5.84. The molecule has 10 nitrogen and oxygen atoms in total. The number of anilines is 3. The second-order valence-electron chi connectivity index (χ2n) is 9.74. The highest BCUT2D eigenvalue weighted by atomic mass is 16.5. The van der Waals surface area contributed by atoms with Crippen LogP contribution in [0.1, 0.15) is 44.6 Å². The second-order valence-corrected chi connectivity index (χ2v) is 9.74. The van der Waals surface area contributed by atoms with E-state index < -0.39 is 0 Å². The summed E-state index contributed by atoms with van der Waals surface area (Å²) in [5, 5.41) is 13.7. The van der Waals surface area contributed by atoms with E-state index in [1.54, 1.807) is 10.9 Å². The van der Waals surface area contributed by atoms with E-state index in [-0.39, 0.29) is 5.60 Å². The van der Waals surface area contributed by atoms with E-state index in [4.69, 9.17) is 14.7 Å². The van der Waals surface area contributed by atoms with Crippen LogP contribution in [0.4, 0.5) is 17.6 Å². The van der Waals surface area contributed by atoms with Gasteiger partial charge < -0.3 is 15.0 Å². The van der Waals surface area contributed by atoms with Crippen molar-refractivity contribution in [1.82, 2.24) is 34.9 Å². The van der Waals surface area contributed by atoms with E-state index in [2.05, 4.69) is 50.4 Å². The zero-order chi connectivity index (χ0) is 24.0. The van der Waals surface area contributed by atoms with Crippen molar-refractivity contribution in [2.45, 2.75) is 44.6 Å². The summed E-state index contributed by atoms with van der Waals surface area (Å²) in [6, 6.07) is 3.93. The Kier molecular flexibility index (Phi) is 5.32. The molecule has 10 heteroatoms. The number of fused-ring (bicyclic) bond motifs is 1. The van der Waals surface area contributed by atoms with E-state index in [0.29, 0.717) is 5.92 Å². The fraction of sp³-hybridized carbons (Fsp3) is 0.440. The van der Waals surface area contributed by atoms with Crippen LogP contribution >= 0.6 is 0 Å². The van der Waals surface area contributed by atoms with E-state index >= 15 is 0 Å². The summed E-state index contributed by atoms with van der Waals surface area (Å²) >= 11 is 0. The first-order valence-electron chi connectivity index (χ1n) is 12.1. The van der Waals surface area contributed by atoms with Crippen LogP contribution in [0.2, 0.25) is 0 Å². The number of hydrogen-bond acceptors (Lipinski definition) is 9. The summed E-state index contributed by atoms with van der Waals surface area (Å²) in [6.45, 7) is 7.05. The van der Waals surface area contributed by atoms with Crippen LogP contribution in [0.15, 0.2) is 36.9 Å². The van der Waals surface area contributed by atoms with Crippen molar-refractivity contribution in [2.75, 3.05) is 29.9 Å². The molecule has 2 fully saturated rings. The Labute approximate surface area is 203 Å². The lowest BCUT2D eigenvalue weighted by atomic mass is 9.84. The normalized spacial score (nSPS) is 17.2. The molecule has 2 saturated heterocycles. The molecule has 0 unspecified atom stereocenters. The highest BCUT2D eigenvalue weighted by Gasteiger charge is 2.41. The minimum absolute atomic E-state index is 0.106. The molecule has 0 aliphatic carbocycles. The molecule has 0 bridgehead atoms. The number of ether oxygens (including phenoxy) is 1. The molecule has 180 valence electrons. The standard InChI is InChI=1S/C25H29N9O/c1-16(2)18-13-28-23(20-15-33(3)32-31-20)19-14-27-22(12-17(18)19)29-21-4-8-26-24(30-21)34-9-5-25(6-10-34)7-11-35-25/h4,8,12-16H,5-7,9-11H2,1-3H3,(H,26,27,29,30). The molecule has 1 spiro atoms. The largest absolute Gasteiger partial charge is 0.375 e. The van der Waals surface area contributed by atoms with Gasteiger partial charge in [-0.15, -0.1) is 5.10 Å². The summed E-state index contributed by atoms with van der Waals surface area (Å²) in [5.41, 5.74) is 2.77. The first kappa shape index (κ1) is 21.8. The first-order chi connectivity index (χ1) is 17.0. The molecule has 0 atom stereocenters. The lowest BCUT2D eigenvalue weighted by Gasteiger charge is -2.47. The number of rotatable bonds is 5. The van der Waals surface area contributed by atoms with Crippen LogP contribution < -0.4 is 10.2 Å². The van der Waals surface area contributed by atoms with E-state index in [9.17, 15) is 0 Å². The average molecular weight is 472 g/mol. The van der Waals surface area contributed by atoms with Gasteiger partial charge in [-0.05, 0) is 48.3 Å². The third-order valence-corrected chi connectivity index (χ3v) is 7.09. The second kappa shape index (κ2) is 8.53. The molecule has 2 aliphatic rings. The SMILES string of the molecule is CC(C)c1cnc(-c2cn(C)nn2)c2cnc(Nc3ccnc(N4CCC5(CCO5)CC4)n3)cc12. The summed E-state index contributed by atoms with van der Waals surface area (Å²) < 4.78 is 7.52. The molecule has 2 aliphatic heterocycles. The van der Waals surface area contributed by atoms with Crippen molar-refractivity contribution in [3.05, 3.63) is 42.5 Å². The molecule has 4 aromatic rings. The minimum Gasteiger partial charge on any atom is -0.375 e. The first-order valence-corrected chi connectivity index (χ1v) is 12.1. The number of hydrogen-bond donors (Lipinski definition) is 1. The van der Waals surface area contributed by atoms with Crippen LogP contribution in [-0.4, -0.2) is 60.2 Å². The van der Waals surface area contributed by atoms with Crippen molar-refractivity contribution in [1.29, 1.82) is 0 Å². The Morgan fingerprint density at radius 3 is 2.54 bits per heavy atom. The molecule has 0 radical (unpaired) electrons. The van der Waals surface area contributed by atoms with Crippen LogP contribution in [-0.2, 0) is 11.8 Å². The maximum absolute atomic E-state index is 5.84. The minimum atomic E-state index is 0.106. The summed E-state index contributed by atoms with van der Waals surface area (Å²) in [6.07, 6.45) is 10.7. The van der Waals surface area contributed by atoms with Crippen molar-refractivity contribution in [2.24, 2.45) is 7.05 Å². The van der Waals surface area contributed by atoms with Crippen molar-refractivity contribution >= 4 is 28.4 Å². The lowest BCUT2D eigenvalue weighted by molar-refractivity contribution is -0.158. The molecule has 6 rings (SSSR count). The predicted octanol–water partition coefficient (Wildman–Crippen LogP) is 3.84. The maximum Gasteiger partial charge on any atom is 0.227 e. The third kappa shape index (κ3) is 4.07. The zero-order valence-electron chi connectivity index (χ0n) is 20.3. The molecule has 0 amide bonds. The third-order valence-electron chi connectivity index (χ3n) is 7.09. The van der Waals surface area contributed by atoms with Crippen molar-refractivity contribution in [3.63, 3.8) is 0 Å². The summed E-state index contributed by atoms with van der Waals surface area (Å²) in [4.78, 5) is 20.9. The quantitative estimate of drug-likeness (QED) is 0.464. The van der Waals surface area contributed by atoms with E-state index in [1.807, 2.05) is 31.7 Å². The van der Waals surface area contributed by atoms with Crippen molar-refractivity contribution in [3.8, 4) is 11.4 Å². The van der Waals surface area contributed by atoms with Gasteiger partial charge in [0.15, 0.2) is 0 Å².